The minimum Gasteiger partial charge on any atom is -0.391 e. The van der Waals surface area contributed by atoms with Crippen LogP contribution in [0.4, 0.5) is 0 Å². The number of benzene rings is 1. The van der Waals surface area contributed by atoms with Crippen LogP contribution in [0.2, 0.25) is 0 Å². The fraction of sp³-hybridized carbons (Fsp3) is 0.526. The van der Waals surface area contributed by atoms with Gasteiger partial charge in [0.2, 0.25) is 5.91 Å². The number of rotatable bonds is 4. The quantitative estimate of drug-likeness (QED) is 0.820. The number of hydrogen-bond donors (Lipinski definition) is 1. The summed E-state index contributed by atoms with van der Waals surface area (Å²) in [5.74, 6) is 0.345. The third-order valence-corrected chi connectivity index (χ3v) is 5.47. The van der Waals surface area contributed by atoms with Gasteiger partial charge < -0.3 is 9.74 Å². The molecule has 7 heteroatoms. The normalized spacial score (nSPS) is 30.9. The zero-order valence-corrected chi connectivity index (χ0v) is 15.3. The lowest BCUT2D eigenvalue weighted by atomic mass is 9.98. The molecular formula is C19H23ClN4O2. The van der Waals surface area contributed by atoms with Crippen LogP contribution in [0.3, 0.4) is 0 Å². The molecule has 2 heterocycles. The van der Waals surface area contributed by atoms with Crippen molar-refractivity contribution in [2.24, 2.45) is 11.1 Å². The maximum Gasteiger partial charge on any atom is 0.241 e. The van der Waals surface area contributed by atoms with Crippen molar-refractivity contribution in [3.8, 4) is 6.07 Å². The van der Waals surface area contributed by atoms with Crippen LogP contribution >= 0.6 is 12.4 Å². The van der Waals surface area contributed by atoms with Gasteiger partial charge >= 0.3 is 0 Å². The van der Waals surface area contributed by atoms with E-state index in [0.717, 1.165) is 37.0 Å². The third kappa shape index (κ3) is 3.55. The van der Waals surface area contributed by atoms with Gasteiger partial charge in [-0.25, -0.2) is 0 Å². The Balaban J connectivity index is 0.00000196. The first kappa shape index (κ1) is 18.7. The molecule has 1 aromatic rings. The van der Waals surface area contributed by atoms with E-state index >= 15 is 0 Å². The highest BCUT2D eigenvalue weighted by molar-refractivity contribution is 5.96. The highest BCUT2D eigenvalue weighted by atomic mass is 35.5. The van der Waals surface area contributed by atoms with Crippen molar-refractivity contribution in [3.63, 3.8) is 0 Å². The molecular weight excluding hydrogens is 352 g/mol. The van der Waals surface area contributed by atoms with Crippen molar-refractivity contribution in [2.75, 3.05) is 6.54 Å². The molecule has 4 rings (SSSR count). The molecule has 2 bridgehead atoms. The number of piperidine rings is 1. The molecule has 1 amide bonds. The van der Waals surface area contributed by atoms with Gasteiger partial charge in [-0.2, -0.15) is 5.26 Å². The first-order chi connectivity index (χ1) is 12.3. The molecule has 4 atom stereocenters. The number of amides is 1. The molecule has 2 saturated heterocycles. The molecule has 1 aromatic carbocycles. The number of nitrogens with one attached hydrogen (secondary N) is 1. The van der Waals surface area contributed by atoms with Crippen molar-refractivity contribution in [1.29, 1.82) is 5.26 Å². The summed E-state index contributed by atoms with van der Waals surface area (Å²) in [6, 6.07) is 11.9. The van der Waals surface area contributed by atoms with Crippen molar-refractivity contribution in [2.45, 2.75) is 50.4 Å². The predicted octanol–water partition coefficient (Wildman–Crippen LogP) is 2.25. The van der Waals surface area contributed by atoms with E-state index in [4.69, 9.17) is 4.84 Å². The second-order valence-electron chi connectivity index (χ2n) is 7.06. The molecule has 0 radical (unpaired) electrons. The van der Waals surface area contributed by atoms with Crippen molar-refractivity contribution >= 4 is 24.0 Å². The number of carbonyl (C=O) groups excluding carboxylic acids is 1. The smallest absolute Gasteiger partial charge is 0.241 e. The van der Waals surface area contributed by atoms with Gasteiger partial charge in [0.05, 0.1) is 17.8 Å². The van der Waals surface area contributed by atoms with Crippen molar-refractivity contribution in [3.05, 3.63) is 35.9 Å². The highest BCUT2D eigenvalue weighted by Gasteiger charge is 2.49. The summed E-state index contributed by atoms with van der Waals surface area (Å²) in [5.41, 5.74) is 2.09. The summed E-state index contributed by atoms with van der Waals surface area (Å²) in [6.45, 7) is 1.16. The van der Waals surface area contributed by atoms with Crippen LogP contribution in [0, 0.1) is 17.2 Å². The Labute approximate surface area is 159 Å². The molecule has 2 aliphatic heterocycles. The molecule has 0 spiro atoms. The van der Waals surface area contributed by atoms with E-state index in [1.807, 2.05) is 30.3 Å². The zero-order valence-electron chi connectivity index (χ0n) is 14.5. The number of hydrogen-bond acceptors (Lipinski definition) is 5. The summed E-state index contributed by atoms with van der Waals surface area (Å²) in [4.78, 5) is 20.0. The summed E-state index contributed by atoms with van der Waals surface area (Å²) < 4.78 is 0. The van der Waals surface area contributed by atoms with E-state index in [9.17, 15) is 10.1 Å². The fourth-order valence-corrected chi connectivity index (χ4v) is 4.19. The first-order valence-electron chi connectivity index (χ1n) is 8.95. The lowest BCUT2D eigenvalue weighted by molar-refractivity contribution is -0.134. The fourth-order valence-electron chi connectivity index (χ4n) is 4.19. The third-order valence-electron chi connectivity index (χ3n) is 5.47. The Kier molecular flexibility index (Phi) is 5.80. The number of oxime groups is 1. The van der Waals surface area contributed by atoms with Gasteiger partial charge in [0, 0.05) is 12.6 Å². The Morgan fingerprint density at radius 2 is 2.19 bits per heavy atom. The molecule has 0 unspecified atom stereocenters. The van der Waals surface area contributed by atoms with Gasteiger partial charge in [-0.05, 0) is 37.2 Å². The van der Waals surface area contributed by atoms with Gasteiger partial charge in [0.1, 0.15) is 12.6 Å². The van der Waals surface area contributed by atoms with Gasteiger partial charge in [-0.15, -0.1) is 12.4 Å². The summed E-state index contributed by atoms with van der Waals surface area (Å²) in [7, 11) is 0. The van der Waals surface area contributed by atoms with E-state index < -0.39 is 0 Å². The molecule has 1 aliphatic carbocycles. The van der Waals surface area contributed by atoms with Crippen LogP contribution in [-0.4, -0.2) is 41.2 Å². The number of fused-ring (bicyclic) bond motifs is 2. The van der Waals surface area contributed by atoms with Crippen LogP contribution in [0.25, 0.3) is 0 Å². The lowest BCUT2D eigenvalue weighted by Crippen LogP contribution is -2.52. The highest BCUT2D eigenvalue weighted by Crippen LogP contribution is 2.35. The maximum absolute atomic E-state index is 12.8. The SMILES string of the molecule is Cl.N#C[C@@H]1CCCN1C(=O)[C@H]1N[C@@H]2C[C@H]1CC2=NOCc1ccccc1. The summed E-state index contributed by atoms with van der Waals surface area (Å²) in [6.07, 6.45) is 3.44. The topological polar surface area (TPSA) is 77.7 Å². The Hall–Kier alpha value is -2.10. The molecule has 1 N–H and O–H groups in total. The van der Waals surface area contributed by atoms with E-state index in [1.54, 1.807) is 4.90 Å². The summed E-state index contributed by atoms with van der Waals surface area (Å²) >= 11 is 0. The van der Waals surface area contributed by atoms with Crippen LogP contribution in [0.1, 0.15) is 31.2 Å². The van der Waals surface area contributed by atoms with Crippen LogP contribution in [0.15, 0.2) is 35.5 Å². The van der Waals surface area contributed by atoms with E-state index in [-0.39, 0.29) is 42.4 Å². The van der Waals surface area contributed by atoms with Gasteiger partial charge in [-0.3, -0.25) is 10.1 Å². The van der Waals surface area contributed by atoms with E-state index in [1.165, 1.54) is 0 Å². The molecule has 0 aromatic heterocycles. The van der Waals surface area contributed by atoms with Gasteiger partial charge in [0.15, 0.2) is 0 Å². The van der Waals surface area contributed by atoms with Crippen molar-refractivity contribution in [1.82, 2.24) is 10.2 Å². The van der Waals surface area contributed by atoms with Gasteiger partial charge in [0.25, 0.3) is 0 Å². The van der Waals surface area contributed by atoms with Crippen LogP contribution in [0.5, 0.6) is 0 Å². The number of nitrogens with zero attached hydrogens (tertiary/aromatic N) is 3. The molecule has 3 aliphatic rings. The second-order valence-corrected chi connectivity index (χ2v) is 7.06. The molecule has 6 nitrogen and oxygen atoms in total. The second kappa shape index (κ2) is 8.07. The van der Waals surface area contributed by atoms with E-state index in [0.29, 0.717) is 13.2 Å². The molecule has 138 valence electrons. The minimum atomic E-state index is -0.254. The number of halogens is 1. The van der Waals surface area contributed by atoms with Crippen LogP contribution < -0.4 is 5.32 Å². The maximum atomic E-state index is 12.8. The zero-order chi connectivity index (χ0) is 17.2. The average Bonchev–Trinajstić information content (AvgIpc) is 3.37. The number of nitriles is 1. The largest absolute Gasteiger partial charge is 0.391 e. The predicted molar refractivity (Wildman–Crippen MR) is 99.7 cm³/mol. The standard InChI is InChI=1S/C19H22N4O2.ClH/c20-11-15-7-4-8-23(15)19(24)18-14-9-16(21-18)17(10-14)22-25-12-13-5-2-1-3-6-13;/h1-3,5-6,14-16,18,21H,4,7-10,12H2;1H/t14-,15-,16+,18-;/m0./s1. The number of likely N-dealkylation sites (tertiary alicyclic amines) is 1. The molecule has 26 heavy (non-hydrogen) atoms. The van der Waals surface area contributed by atoms with Gasteiger partial charge in [-0.1, -0.05) is 35.5 Å². The Morgan fingerprint density at radius 3 is 2.88 bits per heavy atom. The summed E-state index contributed by atoms with van der Waals surface area (Å²) in [5, 5.41) is 16.9. The lowest BCUT2D eigenvalue weighted by Gasteiger charge is -2.29. The number of carbonyl (C=O) groups is 1. The van der Waals surface area contributed by atoms with Crippen LogP contribution in [-0.2, 0) is 16.2 Å². The molecule has 1 saturated carbocycles. The molecule has 3 fully saturated rings. The van der Waals surface area contributed by atoms with Crippen molar-refractivity contribution < 1.29 is 9.63 Å². The Morgan fingerprint density at radius 1 is 1.38 bits per heavy atom. The monoisotopic (exact) mass is 374 g/mol. The minimum absolute atomic E-state index is 0. The van der Waals surface area contributed by atoms with E-state index in [2.05, 4.69) is 16.5 Å². The average molecular weight is 375 g/mol. The first-order valence-corrected chi connectivity index (χ1v) is 8.95. The Bertz CT molecular complexity index is 718.